The molecule has 0 spiro atoms. The van der Waals surface area contributed by atoms with Crippen LogP contribution in [-0.4, -0.2) is 10.1 Å². The molecule has 2 aromatic heterocycles. The van der Waals surface area contributed by atoms with Gasteiger partial charge in [-0.1, -0.05) is 6.07 Å². The largest absolute Gasteiger partial charge is 0.443 e. The SMILES string of the molecule is OC(CCCc1cccs1)c1cnc(C(F)(F)F)s1. The molecular weight excluding hydrogens is 295 g/mol. The zero-order chi connectivity index (χ0) is 13.9. The number of thiazole rings is 1. The van der Waals surface area contributed by atoms with Crippen LogP contribution in [0.3, 0.4) is 0 Å². The number of nitrogens with zero attached hydrogens (tertiary/aromatic N) is 1. The Morgan fingerprint density at radius 1 is 1.37 bits per heavy atom. The highest BCUT2D eigenvalue weighted by molar-refractivity contribution is 7.11. The van der Waals surface area contributed by atoms with Gasteiger partial charge in [0.05, 0.1) is 11.0 Å². The molecular formula is C12H12F3NOS2. The Bertz CT molecular complexity index is 507. The van der Waals surface area contributed by atoms with Gasteiger partial charge in [-0.25, -0.2) is 4.98 Å². The van der Waals surface area contributed by atoms with Gasteiger partial charge in [-0.05, 0) is 30.7 Å². The van der Waals surface area contributed by atoms with E-state index in [9.17, 15) is 18.3 Å². The van der Waals surface area contributed by atoms with Crippen LogP contribution in [0, 0.1) is 0 Å². The van der Waals surface area contributed by atoms with Crippen LogP contribution in [0.2, 0.25) is 0 Å². The minimum atomic E-state index is -4.43. The Kier molecular flexibility index (Phi) is 4.59. The van der Waals surface area contributed by atoms with Gasteiger partial charge in [0, 0.05) is 11.1 Å². The van der Waals surface area contributed by atoms with E-state index in [1.807, 2.05) is 17.5 Å². The molecule has 7 heteroatoms. The van der Waals surface area contributed by atoms with Crippen LogP contribution in [0.15, 0.2) is 23.7 Å². The highest BCUT2D eigenvalue weighted by Gasteiger charge is 2.35. The molecule has 0 aliphatic carbocycles. The molecule has 0 bridgehead atoms. The summed E-state index contributed by atoms with van der Waals surface area (Å²) in [5.74, 6) is 0. The predicted octanol–water partition coefficient (Wildman–Crippen LogP) is 4.28. The number of halogens is 3. The van der Waals surface area contributed by atoms with Crippen LogP contribution in [0.4, 0.5) is 13.2 Å². The van der Waals surface area contributed by atoms with Crippen LogP contribution in [-0.2, 0) is 12.6 Å². The second-order valence-corrected chi connectivity index (χ2v) is 6.15. The summed E-state index contributed by atoms with van der Waals surface area (Å²) >= 11 is 2.15. The number of aliphatic hydroxyl groups excluding tert-OH is 1. The molecule has 0 amide bonds. The van der Waals surface area contributed by atoms with E-state index in [0.29, 0.717) is 17.8 Å². The Labute approximate surface area is 116 Å². The van der Waals surface area contributed by atoms with Crippen LogP contribution in [0.1, 0.15) is 33.7 Å². The molecule has 2 heterocycles. The number of hydrogen-bond donors (Lipinski definition) is 1. The highest BCUT2D eigenvalue weighted by Crippen LogP contribution is 2.35. The summed E-state index contributed by atoms with van der Waals surface area (Å²) in [7, 11) is 0. The third-order valence-electron chi connectivity index (χ3n) is 2.58. The van der Waals surface area contributed by atoms with E-state index in [0.717, 1.165) is 19.0 Å². The molecule has 0 radical (unpaired) electrons. The van der Waals surface area contributed by atoms with Gasteiger partial charge in [0.1, 0.15) is 0 Å². The number of thiophene rings is 1. The minimum absolute atomic E-state index is 0.276. The average molecular weight is 307 g/mol. The Balaban J connectivity index is 1.86. The van der Waals surface area contributed by atoms with E-state index in [2.05, 4.69) is 4.98 Å². The third-order valence-corrected chi connectivity index (χ3v) is 4.65. The van der Waals surface area contributed by atoms with Crippen molar-refractivity contribution >= 4 is 22.7 Å². The maximum absolute atomic E-state index is 12.4. The smallest absolute Gasteiger partial charge is 0.388 e. The van der Waals surface area contributed by atoms with E-state index in [1.165, 1.54) is 4.88 Å². The fraction of sp³-hybridized carbons (Fsp3) is 0.417. The maximum atomic E-state index is 12.4. The van der Waals surface area contributed by atoms with Gasteiger partial charge in [-0.15, -0.1) is 22.7 Å². The quantitative estimate of drug-likeness (QED) is 0.894. The lowest BCUT2D eigenvalue weighted by molar-refractivity contribution is -0.137. The summed E-state index contributed by atoms with van der Waals surface area (Å²) in [5, 5.41) is 10.9. The van der Waals surface area contributed by atoms with Crippen molar-refractivity contribution in [2.75, 3.05) is 0 Å². The first-order chi connectivity index (χ1) is 8.97. The molecule has 2 aromatic rings. The Morgan fingerprint density at radius 2 is 2.16 bits per heavy atom. The molecule has 1 atom stereocenters. The number of hydrogen-bond acceptors (Lipinski definition) is 4. The highest BCUT2D eigenvalue weighted by atomic mass is 32.1. The molecule has 2 nitrogen and oxygen atoms in total. The van der Waals surface area contributed by atoms with Crippen molar-refractivity contribution in [2.24, 2.45) is 0 Å². The molecule has 0 aliphatic rings. The summed E-state index contributed by atoms with van der Waals surface area (Å²) in [5.41, 5.74) is 0. The second-order valence-electron chi connectivity index (χ2n) is 4.05. The zero-order valence-corrected chi connectivity index (χ0v) is 11.5. The van der Waals surface area contributed by atoms with Crippen molar-refractivity contribution in [1.29, 1.82) is 0 Å². The standard InChI is InChI=1S/C12H12F3NOS2/c13-12(14,15)11-16-7-10(19-11)9(17)5-1-3-8-4-2-6-18-8/h2,4,6-7,9,17H,1,3,5H2. The molecule has 0 saturated carbocycles. The van der Waals surface area contributed by atoms with Gasteiger partial charge in [0.15, 0.2) is 5.01 Å². The monoisotopic (exact) mass is 307 g/mol. The van der Waals surface area contributed by atoms with Crippen molar-refractivity contribution in [1.82, 2.24) is 4.98 Å². The lowest BCUT2D eigenvalue weighted by Gasteiger charge is -2.07. The zero-order valence-electron chi connectivity index (χ0n) is 9.85. The number of aliphatic hydroxyl groups is 1. The van der Waals surface area contributed by atoms with E-state index in [-0.39, 0.29) is 4.88 Å². The predicted molar refractivity (Wildman–Crippen MR) is 69.3 cm³/mol. The van der Waals surface area contributed by atoms with Crippen molar-refractivity contribution in [3.63, 3.8) is 0 Å². The van der Waals surface area contributed by atoms with Gasteiger partial charge < -0.3 is 5.11 Å². The molecule has 0 aromatic carbocycles. The van der Waals surface area contributed by atoms with Crippen LogP contribution in [0.25, 0.3) is 0 Å². The van der Waals surface area contributed by atoms with E-state index >= 15 is 0 Å². The molecule has 0 fully saturated rings. The summed E-state index contributed by atoms with van der Waals surface area (Å²) in [6, 6.07) is 3.96. The topological polar surface area (TPSA) is 33.1 Å². The lowest BCUT2D eigenvalue weighted by Crippen LogP contribution is -2.03. The van der Waals surface area contributed by atoms with Gasteiger partial charge in [-0.2, -0.15) is 13.2 Å². The van der Waals surface area contributed by atoms with Crippen molar-refractivity contribution in [3.05, 3.63) is 38.5 Å². The van der Waals surface area contributed by atoms with Crippen molar-refractivity contribution in [3.8, 4) is 0 Å². The molecule has 0 aliphatic heterocycles. The first-order valence-corrected chi connectivity index (χ1v) is 7.40. The fourth-order valence-electron chi connectivity index (χ4n) is 1.64. The summed E-state index contributed by atoms with van der Waals surface area (Å²) < 4.78 is 37.1. The Morgan fingerprint density at radius 3 is 2.74 bits per heavy atom. The van der Waals surface area contributed by atoms with E-state index in [4.69, 9.17) is 0 Å². The Hall–Kier alpha value is -0.920. The van der Waals surface area contributed by atoms with Gasteiger partial charge >= 0.3 is 6.18 Å². The number of aryl methyl sites for hydroxylation is 1. The normalized spacial score (nSPS) is 13.7. The number of rotatable bonds is 5. The van der Waals surface area contributed by atoms with Crippen LogP contribution >= 0.6 is 22.7 Å². The summed E-state index contributed by atoms with van der Waals surface area (Å²) in [6.45, 7) is 0. The minimum Gasteiger partial charge on any atom is -0.388 e. The molecule has 104 valence electrons. The lowest BCUT2D eigenvalue weighted by atomic mass is 10.1. The summed E-state index contributed by atoms with van der Waals surface area (Å²) in [6.07, 6.45) is -2.17. The molecule has 19 heavy (non-hydrogen) atoms. The molecule has 1 N–H and O–H groups in total. The van der Waals surface area contributed by atoms with Crippen molar-refractivity contribution in [2.45, 2.75) is 31.5 Å². The van der Waals surface area contributed by atoms with E-state index in [1.54, 1.807) is 11.3 Å². The molecule has 0 saturated heterocycles. The molecule has 1 unspecified atom stereocenters. The van der Waals surface area contributed by atoms with Gasteiger partial charge in [0.2, 0.25) is 0 Å². The third kappa shape index (κ3) is 4.02. The second kappa shape index (κ2) is 6.02. The maximum Gasteiger partial charge on any atom is 0.443 e. The molecule has 2 rings (SSSR count). The van der Waals surface area contributed by atoms with Crippen LogP contribution in [0.5, 0.6) is 0 Å². The number of aromatic nitrogens is 1. The van der Waals surface area contributed by atoms with Crippen molar-refractivity contribution < 1.29 is 18.3 Å². The average Bonchev–Trinajstić information content (AvgIpc) is 2.99. The van der Waals surface area contributed by atoms with Gasteiger partial charge in [0.25, 0.3) is 0 Å². The summed E-state index contributed by atoms with van der Waals surface area (Å²) in [4.78, 5) is 4.79. The van der Waals surface area contributed by atoms with Crippen LogP contribution < -0.4 is 0 Å². The van der Waals surface area contributed by atoms with E-state index < -0.39 is 17.3 Å². The first kappa shape index (κ1) is 14.5. The fourth-order valence-corrected chi connectivity index (χ4v) is 3.19. The number of alkyl halides is 3. The first-order valence-electron chi connectivity index (χ1n) is 5.70. The van der Waals surface area contributed by atoms with Gasteiger partial charge in [-0.3, -0.25) is 0 Å².